The fraction of sp³-hybridized carbons (Fsp3) is 0.857. The van der Waals surface area contributed by atoms with E-state index in [4.69, 9.17) is 15.0 Å². The van der Waals surface area contributed by atoms with E-state index in [1.165, 1.54) is 0 Å². The van der Waals surface area contributed by atoms with Crippen LogP contribution in [0.5, 0.6) is 0 Å². The lowest BCUT2D eigenvalue weighted by Gasteiger charge is -2.27. The molecule has 2 N–H and O–H groups in total. The molecule has 108 valence electrons. The van der Waals surface area contributed by atoms with E-state index in [1.54, 1.807) is 0 Å². The van der Waals surface area contributed by atoms with Crippen LogP contribution in [-0.2, 0) is 10.3 Å². The lowest BCUT2D eigenvalue weighted by Crippen LogP contribution is -2.30. The second-order valence-corrected chi connectivity index (χ2v) is 5.29. The van der Waals surface area contributed by atoms with Gasteiger partial charge in [-0.15, -0.1) is 0 Å². The van der Waals surface area contributed by atoms with Gasteiger partial charge < -0.3 is 15.0 Å². The van der Waals surface area contributed by atoms with Crippen molar-refractivity contribution in [1.29, 1.82) is 0 Å². The smallest absolute Gasteiger partial charge is 0.231 e. The molecule has 19 heavy (non-hydrogen) atoms. The second-order valence-electron chi connectivity index (χ2n) is 5.29. The Morgan fingerprint density at radius 3 is 2.58 bits per heavy atom. The molecule has 0 aromatic carbocycles. The molecular formula is C14H25N3O2. The highest BCUT2D eigenvalue weighted by Crippen LogP contribution is 2.35. The average molecular weight is 267 g/mol. The molecule has 0 aliphatic heterocycles. The van der Waals surface area contributed by atoms with E-state index in [1.807, 2.05) is 6.92 Å². The molecular weight excluding hydrogens is 242 g/mol. The molecule has 0 bridgehead atoms. The molecule has 1 heterocycles. The quantitative estimate of drug-likeness (QED) is 0.857. The monoisotopic (exact) mass is 267 g/mol. The van der Waals surface area contributed by atoms with Crippen molar-refractivity contribution < 1.29 is 9.26 Å². The molecule has 1 aromatic rings. The predicted molar refractivity (Wildman–Crippen MR) is 72.8 cm³/mol. The topological polar surface area (TPSA) is 74.2 Å². The molecule has 1 fully saturated rings. The van der Waals surface area contributed by atoms with Crippen LogP contribution in [0.2, 0.25) is 0 Å². The standard InChI is InChI=1S/C14H25N3O2/c1-4-14(5-2,18-6-3)13-16-12(19-17-13)10-8-7-9-11(10)15/h10-11H,4-9,15H2,1-3H3. The SMILES string of the molecule is CCOC(CC)(CC)c1noc(C2CCCC2N)n1. The lowest BCUT2D eigenvalue weighted by atomic mass is 9.96. The van der Waals surface area contributed by atoms with Gasteiger partial charge >= 0.3 is 0 Å². The summed E-state index contributed by atoms with van der Waals surface area (Å²) in [6.45, 7) is 6.83. The lowest BCUT2D eigenvalue weighted by molar-refractivity contribution is -0.0583. The molecule has 0 spiro atoms. The van der Waals surface area contributed by atoms with Gasteiger partial charge in [-0.3, -0.25) is 0 Å². The number of rotatable bonds is 6. The molecule has 5 nitrogen and oxygen atoms in total. The maximum absolute atomic E-state index is 6.09. The molecule has 2 rings (SSSR count). The van der Waals surface area contributed by atoms with Gasteiger partial charge in [-0.2, -0.15) is 4.98 Å². The first-order valence-electron chi connectivity index (χ1n) is 7.40. The van der Waals surface area contributed by atoms with Crippen molar-refractivity contribution in [3.05, 3.63) is 11.7 Å². The zero-order valence-electron chi connectivity index (χ0n) is 12.2. The summed E-state index contributed by atoms with van der Waals surface area (Å²) in [6, 6.07) is 0.151. The van der Waals surface area contributed by atoms with Crippen LogP contribution in [0.15, 0.2) is 4.52 Å². The van der Waals surface area contributed by atoms with Crippen molar-refractivity contribution in [3.8, 4) is 0 Å². The highest BCUT2D eigenvalue weighted by Gasteiger charge is 2.37. The van der Waals surface area contributed by atoms with Crippen molar-refractivity contribution in [2.24, 2.45) is 5.73 Å². The number of hydrogen-bond acceptors (Lipinski definition) is 5. The molecule has 2 unspecified atom stereocenters. The van der Waals surface area contributed by atoms with E-state index in [0.29, 0.717) is 18.3 Å². The zero-order chi connectivity index (χ0) is 13.9. The van der Waals surface area contributed by atoms with E-state index < -0.39 is 5.60 Å². The van der Waals surface area contributed by atoms with Crippen LogP contribution in [0.25, 0.3) is 0 Å². The van der Waals surface area contributed by atoms with E-state index in [9.17, 15) is 0 Å². The molecule has 1 aliphatic carbocycles. The van der Waals surface area contributed by atoms with E-state index in [2.05, 4.69) is 24.0 Å². The first-order valence-corrected chi connectivity index (χ1v) is 7.40. The Labute approximate surface area is 114 Å². The molecule has 2 atom stereocenters. The van der Waals surface area contributed by atoms with Gasteiger partial charge in [0, 0.05) is 12.6 Å². The number of hydrogen-bond donors (Lipinski definition) is 1. The summed E-state index contributed by atoms with van der Waals surface area (Å²) < 4.78 is 11.4. The number of nitrogens with two attached hydrogens (primary N) is 1. The molecule has 1 aromatic heterocycles. The molecule has 0 radical (unpaired) electrons. The van der Waals surface area contributed by atoms with Crippen molar-refractivity contribution >= 4 is 0 Å². The number of ether oxygens (including phenoxy) is 1. The minimum atomic E-state index is -0.417. The first kappa shape index (κ1) is 14.5. The van der Waals surface area contributed by atoms with Gasteiger partial charge in [0.15, 0.2) is 0 Å². The summed E-state index contributed by atoms with van der Waals surface area (Å²) in [5.74, 6) is 1.58. The van der Waals surface area contributed by atoms with Gasteiger partial charge in [0.05, 0.1) is 5.92 Å². The zero-order valence-corrected chi connectivity index (χ0v) is 12.2. The van der Waals surface area contributed by atoms with Gasteiger partial charge in [0.2, 0.25) is 11.7 Å². The summed E-state index contributed by atoms with van der Waals surface area (Å²) in [5.41, 5.74) is 5.68. The Morgan fingerprint density at radius 1 is 1.32 bits per heavy atom. The predicted octanol–water partition coefficient (Wildman–Crippen LogP) is 2.72. The van der Waals surface area contributed by atoms with Crippen LogP contribution in [0.4, 0.5) is 0 Å². The molecule has 1 aliphatic rings. The van der Waals surface area contributed by atoms with Crippen LogP contribution in [0, 0.1) is 0 Å². The summed E-state index contributed by atoms with van der Waals surface area (Å²) in [7, 11) is 0. The summed E-state index contributed by atoms with van der Waals surface area (Å²) in [4.78, 5) is 4.59. The largest absolute Gasteiger partial charge is 0.367 e. The van der Waals surface area contributed by atoms with Crippen molar-refractivity contribution in [1.82, 2.24) is 10.1 Å². The molecule has 0 saturated heterocycles. The van der Waals surface area contributed by atoms with Crippen molar-refractivity contribution in [2.75, 3.05) is 6.61 Å². The Balaban J connectivity index is 2.23. The Bertz CT molecular complexity index is 401. The third kappa shape index (κ3) is 2.67. The normalized spacial score (nSPS) is 24.0. The summed E-state index contributed by atoms with van der Waals surface area (Å²) >= 11 is 0. The van der Waals surface area contributed by atoms with E-state index in [-0.39, 0.29) is 12.0 Å². The summed E-state index contributed by atoms with van der Waals surface area (Å²) in [5, 5.41) is 4.16. The maximum atomic E-state index is 6.09. The Morgan fingerprint density at radius 2 is 2.05 bits per heavy atom. The van der Waals surface area contributed by atoms with Crippen LogP contribution < -0.4 is 5.73 Å². The van der Waals surface area contributed by atoms with Gasteiger partial charge in [-0.05, 0) is 32.6 Å². The highest BCUT2D eigenvalue weighted by molar-refractivity contribution is 5.06. The fourth-order valence-electron chi connectivity index (χ4n) is 2.98. The molecule has 5 heteroatoms. The average Bonchev–Trinajstić information content (AvgIpc) is 3.04. The van der Waals surface area contributed by atoms with Gasteiger partial charge in [0.1, 0.15) is 5.60 Å². The minimum absolute atomic E-state index is 0.151. The first-order chi connectivity index (χ1) is 9.16. The second kappa shape index (κ2) is 6.01. The minimum Gasteiger partial charge on any atom is -0.367 e. The number of aromatic nitrogens is 2. The Kier molecular flexibility index (Phi) is 4.58. The maximum Gasteiger partial charge on any atom is 0.231 e. The van der Waals surface area contributed by atoms with Gasteiger partial charge in [-0.1, -0.05) is 25.4 Å². The van der Waals surface area contributed by atoms with Crippen LogP contribution in [0.3, 0.4) is 0 Å². The third-order valence-electron chi connectivity index (χ3n) is 4.30. The van der Waals surface area contributed by atoms with Crippen molar-refractivity contribution in [3.63, 3.8) is 0 Å². The van der Waals surface area contributed by atoms with Crippen molar-refractivity contribution in [2.45, 2.75) is 70.4 Å². The Hall–Kier alpha value is -0.940. The molecule has 1 saturated carbocycles. The van der Waals surface area contributed by atoms with Crippen LogP contribution in [0.1, 0.15) is 70.5 Å². The van der Waals surface area contributed by atoms with E-state index in [0.717, 1.165) is 32.1 Å². The number of nitrogens with zero attached hydrogens (tertiary/aromatic N) is 2. The van der Waals surface area contributed by atoms with Crippen LogP contribution in [-0.4, -0.2) is 22.8 Å². The van der Waals surface area contributed by atoms with Gasteiger partial charge in [-0.25, -0.2) is 0 Å². The third-order valence-corrected chi connectivity index (χ3v) is 4.30. The van der Waals surface area contributed by atoms with E-state index >= 15 is 0 Å². The summed E-state index contributed by atoms with van der Waals surface area (Å²) in [6.07, 6.45) is 4.91. The van der Waals surface area contributed by atoms with Gasteiger partial charge in [0.25, 0.3) is 0 Å². The fourth-order valence-corrected chi connectivity index (χ4v) is 2.98. The highest BCUT2D eigenvalue weighted by atomic mass is 16.5. The molecule has 0 amide bonds. The van der Waals surface area contributed by atoms with Crippen LogP contribution >= 0.6 is 0 Å².